The summed E-state index contributed by atoms with van der Waals surface area (Å²) in [5, 5.41) is 17.7. The van der Waals surface area contributed by atoms with Crippen LogP contribution >= 0.6 is 0 Å². The maximum atomic E-state index is 9.08. The van der Waals surface area contributed by atoms with Gasteiger partial charge in [0.2, 0.25) is 0 Å². The fraction of sp³-hybridized carbons (Fsp3) is 1.00. The van der Waals surface area contributed by atoms with Crippen molar-refractivity contribution in [1.82, 2.24) is 0 Å². The third-order valence-electron chi connectivity index (χ3n) is 1.67. The van der Waals surface area contributed by atoms with Crippen LogP contribution in [0.4, 0.5) is 0 Å². The first kappa shape index (κ1) is 8.01. The van der Waals surface area contributed by atoms with Gasteiger partial charge in [0.25, 0.3) is 0 Å². The van der Waals surface area contributed by atoms with Crippen molar-refractivity contribution in [3.63, 3.8) is 0 Å². The predicted molar refractivity (Wildman–Crippen MR) is 35.5 cm³/mol. The van der Waals surface area contributed by atoms with E-state index in [2.05, 4.69) is 0 Å². The van der Waals surface area contributed by atoms with E-state index < -0.39 is 24.3 Å². The Morgan fingerprint density at radius 1 is 1.60 bits per heavy atom. The van der Waals surface area contributed by atoms with Crippen LogP contribution < -0.4 is 5.73 Å². The quantitative estimate of drug-likeness (QED) is 0.356. The summed E-state index contributed by atoms with van der Waals surface area (Å²) in [5.74, 6) is 0. The molecule has 0 aromatic carbocycles. The molecule has 4 N–H and O–H groups in total. The predicted octanol–water partition coefficient (Wildman–Crippen LogP) is -2.44. The summed E-state index contributed by atoms with van der Waals surface area (Å²) in [4.78, 5) is 0. The molecule has 1 aliphatic rings. The first-order chi connectivity index (χ1) is 4.66. The second kappa shape index (κ2) is 2.88. The molecule has 0 aliphatic carbocycles. The van der Waals surface area contributed by atoms with Crippen LogP contribution in [-0.4, -0.2) is 48.9 Å². The highest BCUT2D eigenvalue weighted by Crippen LogP contribution is 2.16. The summed E-state index contributed by atoms with van der Waals surface area (Å²) in [7, 11) is 5.27. The summed E-state index contributed by atoms with van der Waals surface area (Å²) in [6.07, 6.45) is -1.39. The largest absolute Gasteiger partial charge is 0.394 e. The van der Waals surface area contributed by atoms with Crippen molar-refractivity contribution in [1.29, 1.82) is 0 Å². The van der Waals surface area contributed by atoms with Crippen molar-refractivity contribution in [2.24, 2.45) is 5.73 Å². The normalized spacial score (nSPS) is 47.9. The molecule has 1 rings (SSSR count). The monoisotopic (exact) mass is 143 g/mol. The second-order valence-corrected chi connectivity index (χ2v) is 2.39. The lowest BCUT2D eigenvalue weighted by atomic mass is 9.92. The van der Waals surface area contributed by atoms with Crippen molar-refractivity contribution in [3.05, 3.63) is 0 Å². The smallest absolute Gasteiger partial charge is 0.112 e. The van der Waals surface area contributed by atoms with E-state index in [1.807, 2.05) is 0 Å². The number of aliphatic hydroxyl groups is 2. The van der Waals surface area contributed by atoms with Gasteiger partial charge in [0.05, 0.1) is 24.9 Å². The molecule has 1 heterocycles. The van der Waals surface area contributed by atoms with Crippen molar-refractivity contribution < 1.29 is 14.9 Å². The average molecular weight is 143 g/mol. The van der Waals surface area contributed by atoms with Gasteiger partial charge in [0.1, 0.15) is 7.85 Å². The van der Waals surface area contributed by atoms with Crippen molar-refractivity contribution in [2.75, 3.05) is 6.61 Å². The second-order valence-electron chi connectivity index (χ2n) is 2.39. The molecule has 5 heteroatoms. The number of rotatable bonds is 1. The lowest BCUT2D eigenvalue weighted by Crippen LogP contribution is -2.41. The van der Waals surface area contributed by atoms with Gasteiger partial charge in [-0.25, -0.2) is 0 Å². The van der Waals surface area contributed by atoms with E-state index >= 15 is 0 Å². The molecule has 1 fully saturated rings. The Kier molecular flexibility index (Phi) is 2.30. The van der Waals surface area contributed by atoms with Gasteiger partial charge in [-0.2, -0.15) is 0 Å². The maximum Gasteiger partial charge on any atom is 0.112 e. The Balaban J connectivity index is 2.53. The van der Waals surface area contributed by atoms with Crippen LogP contribution in [0.5, 0.6) is 0 Å². The Morgan fingerprint density at radius 2 is 2.20 bits per heavy atom. The molecule has 1 saturated heterocycles. The minimum Gasteiger partial charge on any atom is -0.394 e. The van der Waals surface area contributed by atoms with E-state index in [0.29, 0.717) is 0 Å². The van der Waals surface area contributed by atoms with Crippen LogP contribution in [0.25, 0.3) is 0 Å². The summed E-state index contributed by atoms with van der Waals surface area (Å²) in [5.41, 5.74) is 5.41. The van der Waals surface area contributed by atoms with Crippen LogP contribution in [0.1, 0.15) is 0 Å². The highest BCUT2D eigenvalue weighted by atomic mass is 16.5. The molecule has 0 aromatic rings. The Morgan fingerprint density at radius 3 is 2.40 bits per heavy atom. The summed E-state index contributed by atoms with van der Waals surface area (Å²) in [6, 6.07) is -1.33. The topological polar surface area (TPSA) is 75.7 Å². The van der Waals surface area contributed by atoms with E-state index in [-0.39, 0.29) is 6.61 Å². The lowest BCUT2D eigenvalue weighted by molar-refractivity contribution is 0.0290. The molecule has 4 atom stereocenters. The van der Waals surface area contributed by atoms with Crippen LogP contribution in [0.15, 0.2) is 0 Å². The fourth-order valence-corrected chi connectivity index (χ4v) is 0.977. The van der Waals surface area contributed by atoms with Crippen LogP contribution in [-0.2, 0) is 4.74 Å². The first-order valence-electron chi connectivity index (χ1n) is 3.12. The summed E-state index contributed by atoms with van der Waals surface area (Å²) in [6.45, 7) is -0.202. The Labute approximate surface area is 60.4 Å². The van der Waals surface area contributed by atoms with E-state index in [1.54, 1.807) is 0 Å². The zero-order chi connectivity index (χ0) is 7.72. The molecule has 2 radical (unpaired) electrons. The SMILES string of the molecule is [B][C@@H]1O[C@H](CO)C(N)C1O. The van der Waals surface area contributed by atoms with Crippen molar-refractivity contribution >= 4 is 7.85 Å². The minimum atomic E-state index is -0.864. The molecule has 0 aromatic heterocycles. The lowest BCUT2D eigenvalue weighted by Gasteiger charge is -2.11. The van der Waals surface area contributed by atoms with Gasteiger partial charge in [-0.05, 0) is 0 Å². The molecular formula is C5H10BNO3. The van der Waals surface area contributed by atoms with Crippen molar-refractivity contribution in [3.8, 4) is 0 Å². The number of nitrogens with two attached hydrogens (primary N) is 1. The maximum absolute atomic E-state index is 9.08. The highest BCUT2D eigenvalue weighted by Gasteiger charge is 2.37. The van der Waals surface area contributed by atoms with Gasteiger partial charge in [0.15, 0.2) is 0 Å². The van der Waals surface area contributed by atoms with Crippen LogP contribution in [0.2, 0.25) is 0 Å². The molecule has 10 heavy (non-hydrogen) atoms. The van der Waals surface area contributed by atoms with Gasteiger partial charge < -0.3 is 20.7 Å². The van der Waals surface area contributed by atoms with Gasteiger partial charge >= 0.3 is 0 Å². The van der Waals surface area contributed by atoms with Gasteiger partial charge in [-0.1, -0.05) is 0 Å². The minimum absolute atomic E-state index is 0.202. The average Bonchev–Trinajstić information content (AvgIpc) is 2.17. The summed E-state index contributed by atoms with van der Waals surface area (Å²) >= 11 is 0. The number of hydrogen-bond acceptors (Lipinski definition) is 4. The third-order valence-corrected chi connectivity index (χ3v) is 1.67. The molecule has 2 unspecified atom stereocenters. The Bertz CT molecular complexity index is 123. The molecule has 0 bridgehead atoms. The first-order valence-corrected chi connectivity index (χ1v) is 3.12. The molecule has 0 spiro atoms. The molecule has 0 saturated carbocycles. The summed E-state index contributed by atoms with van der Waals surface area (Å²) < 4.78 is 4.89. The molecule has 56 valence electrons. The van der Waals surface area contributed by atoms with Gasteiger partial charge in [0, 0.05) is 6.00 Å². The van der Waals surface area contributed by atoms with Gasteiger partial charge in [-0.15, -0.1) is 0 Å². The highest BCUT2D eigenvalue weighted by molar-refractivity contribution is 6.11. The molecule has 1 aliphatic heterocycles. The Hall–Kier alpha value is -0.0951. The van der Waals surface area contributed by atoms with E-state index in [1.165, 1.54) is 0 Å². The fourth-order valence-electron chi connectivity index (χ4n) is 0.977. The van der Waals surface area contributed by atoms with Crippen LogP contribution in [0, 0.1) is 0 Å². The zero-order valence-corrected chi connectivity index (χ0v) is 5.47. The van der Waals surface area contributed by atoms with Gasteiger partial charge in [-0.3, -0.25) is 0 Å². The molecule has 0 amide bonds. The third kappa shape index (κ3) is 1.18. The van der Waals surface area contributed by atoms with Crippen LogP contribution in [0.3, 0.4) is 0 Å². The number of aliphatic hydroxyl groups excluding tert-OH is 2. The molecule has 4 nitrogen and oxygen atoms in total. The number of ether oxygens (including phenoxy) is 1. The zero-order valence-electron chi connectivity index (χ0n) is 5.47. The molecular weight excluding hydrogens is 133 g/mol. The van der Waals surface area contributed by atoms with E-state index in [0.717, 1.165) is 0 Å². The van der Waals surface area contributed by atoms with E-state index in [9.17, 15) is 0 Å². The number of hydrogen-bond donors (Lipinski definition) is 3. The standard InChI is InChI=1S/C5H10BNO3/c6-5-4(9)3(7)2(1-8)10-5/h2-5,8-9H,1,7H2/t2-,3?,4?,5-/m1/s1. The van der Waals surface area contributed by atoms with E-state index in [4.69, 9.17) is 28.5 Å². The van der Waals surface area contributed by atoms with Crippen molar-refractivity contribution in [2.45, 2.75) is 24.3 Å².